The van der Waals surface area contributed by atoms with E-state index in [4.69, 9.17) is 11.6 Å². The van der Waals surface area contributed by atoms with E-state index < -0.39 is 0 Å². The van der Waals surface area contributed by atoms with Gasteiger partial charge in [-0.3, -0.25) is 4.79 Å². The number of hydrogen-bond acceptors (Lipinski definition) is 1. The molecule has 0 saturated heterocycles. The Morgan fingerprint density at radius 2 is 1.81 bits per heavy atom. The summed E-state index contributed by atoms with van der Waals surface area (Å²) in [5.74, 6) is 1.38. The van der Waals surface area contributed by atoms with Gasteiger partial charge in [-0.15, -0.1) is 0 Å². The molecule has 0 saturated carbocycles. The van der Waals surface area contributed by atoms with Crippen molar-refractivity contribution < 1.29 is 26.3 Å². The second kappa shape index (κ2) is 8.41. The average Bonchev–Trinajstić information content (AvgIpc) is 3.26. The Hall–Kier alpha value is -1.91. The van der Waals surface area contributed by atoms with E-state index in [1.54, 1.807) is 0 Å². The SMILES string of the molecule is CCc1ccc(C(=O)C[n+]2cc(-c3ccc(Cl)cc3)n3c2CCC3)cc1.[Br-]. The molecule has 27 heavy (non-hydrogen) atoms. The summed E-state index contributed by atoms with van der Waals surface area (Å²) in [6.45, 7) is 3.50. The number of ketones is 1. The van der Waals surface area contributed by atoms with Crippen LogP contribution in [0.1, 0.15) is 35.1 Å². The van der Waals surface area contributed by atoms with Crippen molar-refractivity contribution in [3.8, 4) is 11.3 Å². The van der Waals surface area contributed by atoms with Gasteiger partial charge in [-0.2, -0.15) is 0 Å². The summed E-state index contributed by atoms with van der Waals surface area (Å²) in [6, 6.07) is 15.9. The Morgan fingerprint density at radius 3 is 2.48 bits per heavy atom. The molecule has 0 radical (unpaired) electrons. The number of hydrogen-bond donors (Lipinski definition) is 0. The van der Waals surface area contributed by atoms with Gasteiger partial charge in [-0.1, -0.05) is 42.8 Å². The third-order valence-electron chi connectivity index (χ3n) is 5.13. The van der Waals surface area contributed by atoms with Gasteiger partial charge in [0.1, 0.15) is 6.20 Å². The molecule has 3 aromatic rings. The van der Waals surface area contributed by atoms with E-state index in [1.165, 1.54) is 11.4 Å². The van der Waals surface area contributed by atoms with Crippen molar-refractivity contribution in [2.24, 2.45) is 0 Å². The fraction of sp³-hybridized carbons (Fsp3) is 0.273. The molecule has 0 bridgehead atoms. The number of halogens is 2. The van der Waals surface area contributed by atoms with Crippen LogP contribution in [0.25, 0.3) is 11.3 Å². The lowest BCUT2D eigenvalue weighted by Gasteiger charge is -2.02. The molecule has 0 atom stereocenters. The van der Waals surface area contributed by atoms with Gasteiger partial charge in [-0.25, -0.2) is 9.13 Å². The van der Waals surface area contributed by atoms with Crippen LogP contribution in [0.2, 0.25) is 5.02 Å². The smallest absolute Gasteiger partial charge is 0.257 e. The van der Waals surface area contributed by atoms with E-state index in [9.17, 15) is 4.79 Å². The van der Waals surface area contributed by atoms with Crippen molar-refractivity contribution in [1.29, 1.82) is 0 Å². The number of aromatic nitrogens is 2. The zero-order chi connectivity index (χ0) is 18.1. The molecule has 0 N–H and O–H groups in total. The summed E-state index contributed by atoms with van der Waals surface area (Å²) in [4.78, 5) is 12.8. The van der Waals surface area contributed by atoms with Crippen LogP contribution in [0.3, 0.4) is 0 Å². The van der Waals surface area contributed by atoms with Gasteiger partial charge < -0.3 is 17.0 Å². The van der Waals surface area contributed by atoms with Crippen LogP contribution in [0.15, 0.2) is 54.7 Å². The highest BCUT2D eigenvalue weighted by Crippen LogP contribution is 2.26. The quantitative estimate of drug-likeness (QED) is 0.432. The van der Waals surface area contributed by atoms with Gasteiger partial charge in [0, 0.05) is 16.1 Å². The van der Waals surface area contributed by atoms with Gasteiger partial charge in [0.15, 0.2) is 12.2 Å². The van der Waals surface area contributed by atoms with Gasteiger partial charge in [0.05, 0.1) is 13.0 Å². The molecule has 4 rings (SSSR count). The van der Waals surface area contributed by atoms with Crippen molar-refractivity contribution in [3.05, 3.63) is 76.7 Å². The van der Waals surface area contributed by atoms with Gasteiger partial charge >= 0.3 is 0 Å². The molecule has 1 aliphatic rings. The van der Waals surface area contributed by atoms with Crippen LogP contribution < -0.4 is 21.5 Å². The molecule has 2 heterocycles. The first-order valence-electron chi connectivity index (χ1n) is 9.15. The molecule has 0 spiro atoms. The highest BCUT2D eigenvalue weighted by atomic mass is 79.9. The summed E-state index contributed by atoms with van der Waals surface area (Å²) < 4.78 is 4.45. The molecule has 3 nitrogen and oxygen atoms in total. The second-order valence-corrected chi connectivity index (χ2v) is 7.23. The predicted octanol–water partition coefficient (Wildman–Crippen LogP) is 1.49. The highest BCUT2D eigenvalue weighted by Gasteiger charge is 2.29. The first kappa shape index (κ1) is 19.8. The Bertz CT molecular complexity index is 946. The summed E-state index contributed by atoms with van der Waals surface area (Å²) in [5.41, 5.74) is 4.32. The van der Waals surface area contributed by atoms with E-state index >= 15 is 0 Å². The maximum Gasteiger partial charge on any atom is 0.257 e. The zero-order valence-electron chi connectivity index (χ0n) is 15.3. The van der Waals surface area contributed by atoms with E-state index in [2.05, 4.69) is 22.3 Å². The standard InChI is InChI=1S/C22H22ClN2O.BrH/c1-2-16-5-7-18(8-6-16)21(26)15-24-14-20(25-13-3-4-22(24)25)17-9-11-19(23)12-10-17;/h5-12,14H,2-4,13,15H2,1H3;1H/q+1;/p-1. The molecule has 140 valence electrons. The molecule has 0 aliphatic carbocycles. The largest absolute Gasteiger partial charge is 1.00 e. The topological polar surface area (TPSA) is 25.9 Å². The van der Waals surface area contributed by atoms with Crippen LogP contribution in [0.5, 0.6) is 0 Å². The van der Waals surface area contributed by atoms with Crippen LogP contribution >= 0.6 is 11.6 Å². The van der Waals surface area contributed by atoms with Crippen molar-refractivity contribution in [2.45, 2.75) is 39.3 Å². The number of aryl methyl sites for hydroxylation is 1. The van der Waals surface area contributed by atoms with Crippen LogP contribution in [-0.4, -0.2) is 10.4 Å². The number of nitrogens with zero attached hydrogens (tertiary/aromatic N) is 2. The number of rotatable bonds is 5. The van der Waals surface area contributed by atoms with Crippen molar-refractivity contribution in [2.75, 3.05) is 0 Å². The Labute approximate surface area is 175 Å². The molecule has 0 unspecified atom stereocenters. The summed E-state index contributed by atoms with van der Waals surface area (Å²) in [6.07, 6.45) is 5.22. The van der Waals surface area contributed by atoms with E-state index in [0.29, 0.717) is 6.54 Å². The molecule has 1 aliphatic heterocycles. The lowest BCUT2D eigenvalue weighted by Crippen LogP contribution is -3.00. The Balaban J connectivity index is 0.00000210. The third-order valence-corrected chi connectivity index (χ3v) is 5.38. The maximum absolute atomic E-state index is 12.8. The van der Waals surface area contributed by atoms with Crippen molar-refractivity contribution in [1.82, 2.24) is 4.57 Å². The first-order chi connectivity index (χ1) is 12.7. The van der Waals surface area contributed by atoms with Crippen molar-refractivity contribution >= 4 is 17.4 Å². The molecular weight excluding hydrogens is 424 g/mol. The minimum absolute atomic E-state index is 0. The summed E-state index contributed by atoms with van der Waals surface area (Å²) in [5, 5.41) is 0.737. The van der Waals surface area contributed by atoms with Gasteiger partial charge in [0.25, 0.3) is 5.82 Å². The first-order valence-corrected chi connectivity index (χ1v) is 9.53. The molecular formula is C22H22BrClN2O. The number of Topliss-reactive ketones (excluding diaryl/α,β-unsaturated/α-hetero) is 1. The Kier molecular flexibility index (Phi) is 6.18. The van der Waals surface area contributed by atoms with Crippen LogP contribution in [-0.2, 0) is 25.9 Å². The molecule has 5 heteroatoms. The van der Waals surface area contributed by atoms with Crippen LogP contribution in [0, 0.1) is 0 Å². The summed E-state index contributed by atoms with van der Waals surface area (Å²) in [7, 11) is 0. The highest BCUT2D eigenvalue weighted by molar-refractivity contribution is 6.30. The lowest BCUT2D eigenvalue weighted by molar-refractivity contribution is -0.689. The third kappa shape index (κ3) is 4.02. The fourth-order valence-corrected chi connectivity index (χ4v) is 3.80. The molecule has 0 fully saturated rings. The number of fused-ring (bicyclic) bond motifs is 1. The minimum atomic E-state index is 0. The number of carbonyl (C=O) groups is 1. The van der Waals surface area contributed by atoms with Gasteiger partial charge in [0.2, 0.25) is 5.78 Å². The monoisotopic (exact) mass is 444 g/mol. The fourth-order valence-electron chi connectivity index (χ4n) is 3.67. The van der Waals surface area contributed by atoms with E-state index in [-0.39, 0.29) is 22.8 Å². The van der Waals surface area contributed by atoms with E-state index in [0.717, 1.165) is 47.7 Å². The average molecular weight is 446 g/mol. The number of imidazole rings is 1. The zero-order valence-corrected chi connectivity index (χ0v) is 17.6. The van der Waals surface area contributed by atoms with Crippen LogP contribution in [0.4, 0.5) is 0 Å². The van der Waals surface area contributed by atoms with E-state index in [1.807, 2.05) is 48.5 Å². The summed E-state index contributed by atoms with van der Waals surface area (Å²) >= 11 is 6.02. The minimum Gasteiger partial charge on any atom is -1.00 e. The Morgan fingerprint density at radius 1 is 1.11 bits per heavy atom. The normalized spacial score (nSPS) is 12.5. The maximum atomic E-state index is 12.8. The molecule has 0 amide bonds. The molecule has 2 aromatic carbocycles. The predicted molar refractivity (Wildman–Crippen MR) is 104 cm³/mol. The number of benzene rings is 2. The lowest BCUT2D eigenvalue weighted by atomic mass is 10.1. The second-order valence-electron chi connectivity index (χ2n) is 6.79. The molecule has 1 aromatic heterocycles. The van der Waals surface area contributed by atoms with Gasteiger partial charge in [-0.05, 0) is 42.7 Å². The van der Waals surface area contributed by atoms with Crippen molar-refractivity contribution in [3.63, 3.8) is 0 Å². The number of carbonyl (C=O) groups excluding carboxylic acids is 1.